The van der Waals surface area contributed by atoms with Crippen LogP contribution in [0.1, 0.15) is 0 Å². The summed E-state index contributed by atoms with van der Waals surface area (Å²) < 4.78 is 7.56. The van der Waals surface area contributed by atoms with Gasteiger partial charge in [-0.25, -0.2) is 19.9 Å². The minimum atomic E-state index is 0. The summed E-state index contributed by atoms with van der Waals surface area (Å²) in [5.41, 5.74) is 54.0. The van der Waals surface area contributed by atoms with Crippen molar-refractivity contribution in [1.82, 2.24) is 38.2 Å². The van der Waals surface area contributed by atoms with Crippen LogP contribution in [0, 0.1) is 0 Å². The van der Waals surface area contributed by atoms with Crippen LogP contribution in [0.2, 0.25) is 0 Å². The fourth-order valence-electron chi connectivity index (χ4n) is 1.30. The first-order valence-corrected chi connectivity index (χ1v) is 8.85. The molecular weight excluding hydrogens is 958 g/mol. The number of hydrogen-bond acceptors (Lipinski definition) is 8. The monoisotopic (exact) mass is 990 g/mol. The van der Waals surface area contributed by atoms with Gasteiger partial charge in [-0.3, -0.25) is 19.6 Å². The molecule has 0 saturated carbocycles. The smallest absolute Gasteiger partial charge is 0.870 e. The number of aryl methyl sites for hydroxylation is 4. The predicted octanol–water partition coefficient (Wildman–Crippen LogP) is 2.78. The van der Waals surface area contributed by atoms with Gasteiger partial charge in [0.1, 0.15) is 0 Å². The van der Waals surface area contributed by atoms with E-state index in [1.165, 1.54) is 19.6 Å². The van der Waals surface area contributed by atoms with Gasteiger partial charge < -0.3 is 95.4 Å². The maximum atomic E-state index is 6.75. The third kappa shape index (κ3) is 90.6. The minimum Gasteiger partial charge on any atom is -0.870 e. The Hall–Kier alpha value is -4.78. The van der Waals surface area contributed by atoms with Gasteiger partial charge in [0.2, 0.25) is 0 Å². The van der Waals surface area contributed by atoms with E-state index < -0.39 is 0 Å². The summed E-state index contributed by atoms with van der Waals surface area (Å²) in [5, 5.41) is 0. The third-order valence-electron chi connectivity index (χ3n) is 2.55. The molecule has 0 aliphatic carbocycles. The maximum Gasteiger partial charge on any atom is 4.00 e. The summed E-state index contributed by atoms with van der Waals surface area (Å²) in [5.74, 6) is 0. The standard InChI is InChI=1S/4C4H6N2.4N3.6H2O.2Pt/c4*1-6-3-2-5-4-6;4*1-3-2;;;;;;;;/h4*2-4H,1H3;;;;;6*1H2;;/q;;;;4*-1;;;;;;;2*+4/p-4. The molecule has 0 aromatic carbocycles. The van der Waals surface area contributed by atoms with Crippen molar-refractivity contribution in [1.29, 1.82) is 0 Å². The van der Waals surface area contributed by atoms with Crippen LogP contribution in [-0.2, 0) is 70.3 Å². The molecule has 0 radical (unpaired) electrons. The van der Waals surface area contributed by atoms with Gasteiger partial charge in [-0.2, -0.15) is 0 Å². The fraction of sp³-hybridized carbons (Fsp3) is 0.250. The molecule has 0 bridgehead atoms. The molecule has 26 nitrogen and oxygen atoms in total. The van der Waals surface area contributed by atoms with Crippen molar-refractivity contribution >= 4 is 0 Å². The molecule has 4 rings (SSSR count). The molecule has 0 spiro atoms. The molecule has 28 heteroatoms. The minimum absolute atomic E-state index is 0. The first-order valence-electron chi connectivity index (χ1n) is 8.85. The summed E-state index contributed by atoms with van der Waals surface area (Å²) in [6, 6.07) is 0. The molecule has 0 unspecified atom stereocenters. The van der Waals surface area contributed by atoms with E-state index in [0.717, 1.165) is 0 Å². The van der Waals surface area contributed by atoms with Crippen molar-refractivity contribution in [2.75, 3.05) is 0 Å². The molecule has 0 atom stereocenters. The molecule has 0 amide bonds. The van der Waals surface area contributed by atoms with Crippen LogP contribution in [-0.4, -0.2) is 71.1 Å². The van der Waals surface area contributed by atoms with Crippen LogP contribution < -0.4 is 0 Å². The van der Waals surface area contributed by atoms with Gasteiger partial charge in [-0.05, 0) is 0 Å². The van der Waals surface area contributed by atoms with Gasteiger partial charge in [-0.1, -0.05) is 0 Å². The second-order valence-corrected chi connectivity index (χ2v) is 5.27. The summed E-state index contributed by atoms with van der Waals surface area (Å²) in [7, 11) is 7.75. The first-order chi connectivity index (χ1) is 17.2. The molecule has 4 aromatic heterocycles. The van der Waals surface area contributed by atoms with Gasteiger partial charge in [0.05, 0.1) is 25.3 Å². The van der Waals surface area contributed by atoms with E-state index in [0.29, 0.717) is 0 Å². The van der Waals surface area contributed by atoms with Crippen molar-refractivity contribution in [3.05, 3.63) is 139 Å². The summed E-state index contributed by atoms with van der Waals surface area (Å²) >= 11 is 0. The second-order valence-electron chi connectivity index (χ2n) is 5.27. The van der Waals surface area contributed by atoms with E-state index in [2.05, 4.69) is 19.9 Å². The molecule has 0 saturated heterocycles. The van der Waals surface area contributed by atoms with Crippen LogP contribution >= 0.6 is 0 Å². The number of hydrogen-bond donors (Lipinski definition) is 0. The Kier molecular flexibility index (Phi) is 126. The molecule has 0 fully saturated rings. The van der Waals surface area contributed by atoms with E-state index in [-0.39, 0.29) is 75.0 Å². The average molecular weight is 991 g/mol. The van der Waals surface area contributed by atoms with E-state index in [1.807, 2.05) is 71.2 Å². The van der Waals surface area contributed by atoms with Crippen LogP contribution in [0.4, 0.5) is 0 Å². The number of aromatic nitrogens is 8. The van der Waals surface area contributed by atoms with Crippen LogP contribution in [0.5, 0.6) is 0 Å². The van der Waals surface area contributed by atoms with Gasteiger partial charge >= 0.3 is 42.1 Å². The molecule has 4 heterocycles. The van der Waals surface area contributed by atoms with Crippen molar-refractivity contribution in [3.8, 4) is 0 Å². The zero-order chi connectivity index (χ0) is 28.5. The predicted molar refractivity (Wildman–Crippen MR) is 148 cm³/mol. The Morgan fingerprint density at radius 3 is 0.523 bits per heavy atom. The van der Waals surface area contributed by atoms with Crippen molar-refractivity contribution in [2.45, 2.75) is 0 Å². The van der Waals surface area contributed by atoms with Gasteiger partial charge in [0.25, 0.3) is 0 Å². The topological polar surface area (TPSA) is 489 Å². The van der Waals surface area contributed by atoms with Crippen LogP contribution in [0.15, 0.2) is 74.9 Å². The second kappa shape index (κ2) is 71.5. The van der Waals surface area contributed by atoms with Gasteiger partial charge in [0, 0.05) is 77.8 Å². The van der Waals surface area contributed by atoms with E-state index in [9.17, 15) is 0 Å². The summed E-state index contributed by atoms with van der Waals surface area (Å²) in [4.78, 5) is 21.1. The number of nitrogens with zero attached hydrogens (tertiary/aromatic N) is 20. The molecular formula is C16H32N20O6Pt2. The first kappa shape index (κ1) is 77.3. The number of rotatable bonds is 0. The van der Waals surface area contributed by atoms with Gasteiger partial charge in [0.15, 0.2) is 0 Å². The van der Waals surface area contributed by atoms with Crippen molar-refractivity contribution in [3.63, 3.8) is 0 Å². The largest absolute Gasteiger partial charge is 4.00 e. The zero-order valence-corrected chi connectivity index (χ0v) is 27.8. The van der Waals surface area contributed by atoms with Crippen LogP contribution in [0.3, 0.4) is 0 Å². The molecule has 252 valence electrons. The van der Waals surface area contributed by atoms with Crippen molar-refractivity contribution < 1.29 is 75.0 Å². The molecule has 4 aromatic rings. The molecule has 0 aliphatic heterocycles. The Morgan fingerprint density at radius 1 is 0.386 bits per heavy atom. The molecule has 44 heavy (non-hydrogen) atoms. The fourth-order valence-corrected chi connectivity index (χ4v) is 1.30. The van der Waals surface area contributed by atoms with Crippen molar-refractivity contribution in [2.24, 2.45) is 28.2 Å². The van der Waals surface area contributed by atoms with E-state index >= 15 is 0 Å². The molecule has 8 N–H and O–H groups in total. The SMILES string of the molecule is Cn1ccnc1.Cn1ccnc1.Cn1ccnc1.Cn1ccnc1.O.O.[N-]=[N+]=[N-].[N-]=[N+]=[N-].[N-]=[N+]=[N-].[N-]=[N+]=[N-].[OH-].[OH-].[OH-].[OH-].[Pt+4].[Pt+4]. The van der Waals surface area contributed by atoms with E-state index in [4.69, 9.17) is 44.2 Å². The van der Waals surface area contributed by atoms with Gasteiger partial charge in [-0.15, -0.1) is 0 Å². The Labute approximate surface area is 279 Å². The molecule has 0 aliphatic rings. The average Bonchev–Trinajstić information content (AvgIpc) is 3.64. The Morgan fingerprint density at radius 2 is 0.500 bits per heavy atom. The summed E-state index contributed by atoms with van der Waals surface area (Å²) in [6.07, 6.45) is 21.6. The Balaban J connectivity index is -0.0000000265. The van der Waals surface area contributed by atoms with Crippen LogP contribution in [0.25, 0.3) is 63.9 Å². The Bertz CT molecular complexity index is 897. The normalized spacial score (nSPS) is 5.55. The maximum absolute atomic E-state index is 6.75. The number of imidazole rings is 4. The summed E-state index contributed by atoms with van der Waals surface area (Å²) in [6.45, 7) is 0. The quantitative estimate of drug-likeness (QED) is 0.143. The third-order valence-corrected chi connectivity index (χ3v) is 2.55. The van der Waals surface area contributed by atoms with E-state index in [1.54, 1.807) is 50.1 Å². The zero-order valence-electron chi connectivity index (χ0n) is 23.3.